The van der Waals surface area contributed by atoms with Crippen molar-refractivity contribution in [3.8, 4) is 17.1 Å². The van der Waals surface area contributed by atoms with Gasteiger partial charge in [-0.1, -0.05) is 6.92 Å². The van der Waals surface area contributed by atoms with Crippen molar-refractivity contribution >= 4 is 34.3 Å². The minimum absolute atomic E-state index is 0.0984. The normalized spacial score (nSPS) is 17.4. The highest BCUT2D eigenvalue weighted by Gasteiger charge is 2.33. The number of aromatic amines is 1. The van der Waals surface area contributed by atoms with Crippen LogP contribution in [0.25, 0.3) is 22.2 Å². The number of nitrogens with zero attached hydrogens (tertiary/aromatic N) is 7. The third-order valence-corrected chi connectivity index (χ3v) is 7.69. The Bertz CT molecular complexity index is 1540. The summed E-state index contributed by atoms with van der Waals surface area (Å²) in [5, 5.41) is 10.9. The first kappa shape index (κ1) is 27.1. The molecule has 0 aliphatic carbocycles. The number of carbonyl (C=O) groups excluding carboxylic acids is 1. The molecule has 4 aromatic rings. The number of nitrogens with one attached hydrogen (secondary N) is 3. The number of amides is 1. The van der Waals surface area contributed by atoms with Gasteiger partial charge in [-0.25, -0.2) is 19.3 Å². The molecule has 216 valence electrons. The number of hydrogen-bond acceptors (Lipinski definition) is 10. The molecule has 0 radical (unpaired) electrons. The van der Waals surface area contributed by atoms with Crippen LogP contribution in [0, 0.1) is 5.82 Å². The van der Waals surface area contributed by atoms with Crippen LogP contribution in [-0.2, 0) is 16.6 Å². The highest BCUT2D eigenvalue weighted by molar-refractivity contribution is 6.05. The Labute approximate surface area is 236 Å². The highest BCUT2D eigenvalue weighted by Crippen LogP contribution is 2.33. The van der Waals surface area contributed by atoms with Crippen LogP contribution in [0.5, 0.6) is 5.88 Å². The van der Waals surface area contributed by atoms with Gasteiger partial charge in [0.05, 0.1) is 50.3 Å². The lowest BCUT2D eigenvalue weighted by Gasteiger charge is -2.44. The van der Waals surface area contributed by atoms with Crippen molar-refractivity contribution in [2.75, 3.05) is 57.1 Å². The van der Waals surface area contributed by atoms with Crippen molar-refractivity contribution in [2.45, 2.75) is 25.4 Å². The molecule has 1 atom stereocenters. The molecule has 14 heteroatoms. The molecule has 4 aromatic heterocycles. The average molecular weight is 565 g/mol. The van der Waals surface area contributed by atoms with Gasteiger partial charge in [0.2, 0.25) is 11.9 Å². The number of piperazine rings is 1. The van der Waals surface area contributed by atoms with Gasteiger partial charge in [-0.3, -0.25) is 19.3 Å². The van der Waals surface area contributed by atoms with Crippen LogP contribution in [0.15, 0.2) is 30.9 Å². The fraction of sp³-hybridized carbons (Fsp3) is 0.444. The monoisotopic (exact) mass is 564 g/mol. The molecule has 41 heavy (non-hydrogen) atoms. The van der Waals surface area contributed by atoms with E-state index in [4.69, 9.17) is 9.47 Å². The molecule has 6 heterocycles. The van der Waals surface area contributed by atoms with E-state index in [9.17, 15) is 4.79 Å². The molecule has 2 aliphatic heterocycles. The zero-order valence-electron chi connectivity index (χ0n) is 23.2. The van der Waals surface area contributed by atoms with Gasteiger partial charge in [-0.15, -0.1) is 5.10 Å². The Morgan fingerprint density at radius 2 is 2.07 bits per heavy atom. The Morgan fingerprint density at radius 3 is 2.78 bits per heavy atom. The van der Waals surface area contributed by atoms with E-state index in [-0.39, 0.29) is 23.6 Å². The number of anilines is 3. The number of ether oxygens (including phenoxy) is 2. The summed E-state index contributed by atoms with van der Waals surface area (Å²) in [5.74, 6) is 0.223. The van der Waals surface area contributed by atoms with E-state index in [0.29, 0.717) is 46.3 Å². The smallest absolute Gasteiger partial charge is 0.256 e. The van der Waals surface area contributed by atoms with Crippen molar-refractivity contribution in [1.29, 1.82) is 0 Å². The zero-order chi connectivity index (χ0) is 28.5. The second kappa shape index (κ2) is 11.4. The number of carbonyl (C=O) groups is 1. The fourth-order valence-corrected chi connectivity index (χ4v) is 5.44. The molecule has 2 fully saturated rings. The molecule has 0 bridgehead atoms. The van der Waals surface area contributed by atoms with Crippen molar-refractivity contribution in [2.24, 2.45) is 7.05 Å². The summed E-state index contributed by atoms with van der Waals surface area (Å²) in [5.41, 5.74) is 1.75. The molecule has 3 N–H and O–H groups in total. The summed E-state index contributed by atoms with van der Waals surface area (Å²) in [6.45, 7) is 7.08. The summed E-state index contributed by atoms with van der Waals surface area (Å²) in [6, 6.07) is 1.98. The predicted octanol–water partition coefficient (Wildman–Crippen LogP) is 2.38. The molecule has 0 aromatic carbocycles. The van der Waals surface area contributed by atoms with Gasteiger partial charge in [-0.2, -0.15) is 0 Å². The van der Waals surface area contributed by atoms with Crippen LogP contribution in [0.2, 0.25) is 0 Å². The number of aromatic nitrogens is 6. The molecule has 1 amide bonds. The number of halogens is 1. The Morgan fingerprint density at radius 1 is 1.27 bits per heavy atom. The van der Waals surface area contributed by atoms with E-state index >= 15 is 4.39 Å². The Balaban J connectivity index is 1.21. The number of aryl methyl sites for hydroxylation is 1. The maximum atomic E-state index is 15.0. The van der Waals surface area contributed by atoms with Gasteiger partial charge in [0, 0.05) is 56.6 Å². The average Bonchev–Trinajstić information content (AvgIpc) is 3.53. The zero-order valence-corrected chi connectivity index (χ0v) is 23.2. The minimum Gasteiger partial charge on any atom is -0.478 e. The minimum atomic E-state index is -0.587. The molecule has 6 rings (SSSR count). The van der Waals surface area contributed by atoms with Crippen LogP contribution in [0.1, 0.15) is 13.3 Å². The first-order valence-corrected chi connectivity index (χ1v) is 13.7. The van der Waals surface area contributed by atoms with Crippen LogP contribution < -0.4 is 15.4 Å². The molecule has 0 saturated carbocycles. The first-order valence-electron chi connectivity index (χ1n) is 13.7. The molecule has 1 unspecified atom stereocenters. The largest absolute Gasteiger partial charge is 0.478 e. The number of fused-ring (bicyclic) bond motifs is 1. The molecule has 13 nitrogen and oxygen atoms in total. The lowest BCUT2D eigenvalue weighted by Crippen LogP contribution is -2.59. The number of hydrogen-bond donors (Lipinski definition) is 3. The fourth-order valence-electron chi connectivity index (χ4n) is 5.44. The highest BCUT2D eigenvalue weighted by atomic mass is 19.1. The van der Waals surface area contributed by atoms with Crippen molar-refractivity contribution < 1.29 is 18.7 Å². The van der Waals surface area contributed by atoms with Gasteiger partial charge in [0.25, 0.3) is 5.88 Å². The van der Waals surface area contributed by atoms with Gasteiger partial charge in [-0.05, 0) is 12.5 Å². The van der Waals surface area contributed by atoms with Crippen LogP contribution >= 0.6 is 0 Å². The van der Waals surface area contributed by atoms with Gasteiger partial charge >= 0.3 is 0 Å². The summed E-state index contributed by atoms with van der Waals surface area (Å²) in [4.78, 5) is 34.2. The lowest BCUT2D eigenvalue weighted by molar-refractivity contribution is -0.123. The van der Waals surface area contributed by atoms with Gasteiger partial charge < -0.3 is 25.1 Å². The van der Waals surface area contributed by atoms with E-state index in [1.165, 1.54) is 7.11 Å². The second-order valence-electron chi connectivity index (χ2n) is 10.2. The van der Waals surface area contributed by atoms with Crippen LogP contribution in [-0.4, -0.2) is 104 Å². The van der Waals surface area contributed by atoms with Crippen molar-refractivity contribution in [1.82, 2.24) is 39.5 Å². The number of H-pyrrole nitrogens is 1. The summed E-state index contributed by atoms with van der Waals surface area (Å²) in [6.07, 6.45) is 6.75. The van der Waals surface area contributed by atoms with Gasteiger partial charge in [0.15, 0.2) is 11.6 Å². The van der Waals surface area contributed by atoms with Crippen molar-refractivity contribution in [3.63, 3.8) is 0 Å². The number of rotatable bonds is 9. The SMILES string of the molecule is CCC(C(=O)Nc1nccc2c(-c3nc(Nc4cn(C)nc4OC)ncc3F)c[nH]c12)N1CCN(C2COC2)CC1. The Hall–Kier alpha value is -4.14. The maximum Gasteiger partial charge on any atom is 0.256 e. The molecule has 0 spiro atoms. The van der Waals surface area contributed by atoms with E-state index < -0.39 is 5.82 Å². The molecule has 2 aliphatic rings. The molecule has 2 saturated heterocycles. The standard InChI is InChI=1S/C27H33FN10O3/c1-4-21(38-9-7-37(8-10-38)16-14-41-15-16)25(39)34-24-23-17(5-6-29-24)18(11-30-23)22-19(28)12-31-27(33-22)32-20-13-36(2)35-26(20)40-3/h5-6,11-13,16,21,30H,4,7-10,14-15H2,1-3H3,(H,29,34,39)(H,31,32,33). The molecular weight excluding hydrogens is 531 g/mol. The number of methoxy groups -OCH3 is 1. The Kier molecular flexibility index (Phi) is 7.51. The van der Waals surface area contributed by atoms with E-state index in [0.717, 1.165) is 45.6 Å². The van der Waals surface area contributed by atoms with E-state index in [2.05, 4.69) is 45.5 Å². The van der Waals surface area contributed by atoms with E-state index in [1.807, 2.05) is 6.92 Å². The maximum absolute atomic E-state index is 15.0. The first-order chi connectivity index (χ1) is 19.9. The third-order valence-electron chi connectivity index (χ3n) is 7.69. The van der Waals surface area contributed by atoms with E-state index in [1.54, 1.807) is 36.4 Å². The number of pyridine rings is 1. The summed E-state index contributed by atoms with van der Waals surface area (Å²) >= 11 is 0. The van der Waals surface area contributed by atoms with Crippen molar-refractivity contribution in [3.05, 3.63) is 36.7 Å². The summed E-state index contributed by atoms with van der Waals surface area (Å²) < 4.78 is 27.2. The quantitative estimate of drug-likeness (QED) is 0.278. The topological polar surface area (TPSA) is 138 Å². The summed E-state index contributed by atoms with van der Waals surface area (Å²) in [7, 11) is 3.27. The molecular formula is C27H33FN10O3. The predicted molar refractivity (Wildman–Crippen MR) is 151 cm³/mol. The second-order valence-corrected chi connectivity index (χ2v) is 10.2. The van der Waals surface area contributed by atoms with Crippen LogP contribution in [0.3, 0.4) is 0 Å². The third kappa shape index (κ3) is 5.33. The lowest BCUT2D eigenvalue weighted by atomic mass is 10.1. The van der Waals surface area contributed by atoms with Crippen LogP contribution in [0.4, 0.5) is 21.8 Å². The van der Waals surface area contributed by atoms with Gasteiger partial charge in [0.1, 0.15) is 11.4 Å².